The normalized spacial score (nSPS) is 16.4. The van der Waals surface area contributed by atoms with Crippen molar-refractivity contribution < 1.29 is 13.2 Å². The fraction of sp³-hybridized carbons (Fsp3) is 0.0870. The lowest BCUT2D eigenvalue weighted by Crippen LogP contribution is -2.39. The Balaban J connectivity index is 1.77. The molecule has 1 aliphatic rings. The summed E-state index contributed by atoms with van der Waals surface area (Å²) in [5.41, 5.74) is 3.04. The second-order valence-corrected chi connectivity index (χ2v) is 9.20. The molecule has 3 aromatic carbocycles. The Hall–Kier alpha value is -3.09. The summed E-state index contributed by atoms with van der Waals surface area (Å²) in [6, 6.07) is 21.3. The molecule has 0 fully saturated rings. The number of carbonyl (C=O) groups excluding carboxylic acids is 1. The average molecular weight is 439 g/mol. The number of halogens is 1. The molecule has 1 heterocycles. The molecule has 0 saturated heterocycles. The highest BCUT2D eigenvalue weighted by Gasteiger charge is 2.39. The number of carbonyl (C=O) groups is 1. The summed E-state index contributed by atoms with van der Waals surface area (Å²) >= 11 is 6.15. The first-order chi connectivity index (χ1) is 14.4. The number of nitrogens with zero attached hydrogens (tertiary/aromatic N) is 1. The van der Waals surface area contributed by atoms with Crippen LogP contribution in [0.4, 0.5) is 11.4 Å². The molecule has 1 N–H and O–H groups in total. The van der Waals surface area contributed by atoms with Crippen molar-refractivity contribution in [1.82, 2.24) is 0 Å². The van der Waals surface area contributed by atoms with Crippen LogP contribution < -0.4 is 9.62 Å². The summed E-state index contributed by atoms with van der Waals surface area (Å²) < 4.78 is 28.1. The van der Waals surface area contributed by atoms with E-state index in [0.29, 0.717) is 22.0 Å². The Morgan fingerprint density at radius 2 is 1.70 bits per heavy atom. The lowest BCUT2D eigenvalue weighted by Gasteiger charge is -2.31. The lowest BCUT2D eigenvalue weighted by atomic mass is 10.1. The van der Waals surface area contributed by atoms with E-state index in [-0.39, 0.29) is 11.4 Å². The van der Waals surface area contributed by atoms with Gasteiger partial charge in [0.25, 0.3) is 10.0 Å². The van der Waals surface area contributed by atoms with E-state index >= 15 is 0 Å². The maximum absolute atomic E-state index is 13.4. The van der Waals surface area contributed by atoms with Gasteiger partial charge in [-0.25, -0.2) is 8.42 Å². The Bertz CT molecular complexity index is 1250. The van der Waals surface area contributed by atoms with Gasteiger partial charge in [0.1, 0.15) is 0 Å². The smallest absolute Gasteiger partial charge is 0.270 e. The molecule has 7 heteroatoms. The van der Waals surface area contributed by atoms with E-state index in [1.54, 1.807) is 36.4 Å². The van der Waals surface area contributed by atoms with Gasteiger partial charge in [-0.3, -0.25) is 9.10 Å². The van der Waals surface area contributed by atoms with Gasteiger partial charge >= 0.3 is 0 Å². The number of sulfonamides is 1. The fourth-order valence-electron chi connectivity index (χ4n) is 3.27. The molecule has 0 atom stereocenters. The monoisotopic (exact) mass is 438 g/mol. The number of Topliss-reactive ketones (excluding diaryl/α,β-unsaturated/α-hetero) is 1. The number of hydrogen-bond acceptors (Lipinski definition) is 4. The highest BCUT2D eigenvalue weighted by Crippen LogP contribution is 2.36. The molecule has 152 valence electrons. The minimum atomic E-state index is -4.06. The number of anilines is 2. The van der Waals surface area contributed by atoms with Crippen LogP contribution in [0, 0.1) is 6.92 Å². The molecule has 4 rings (SSSR count). The number of ketones is 1. The number of para-hydroxylation sites is 1. The topological polar surface area (TPSA) is 66.5 Å². The van der Waals surface area contributed by atoms with Crippen molar-refractivity contribution in [3.05, 3.63) is 106 Å². The highest BCUT2D eigenvalue weighted by molar-refractivity contribution is 7.97. The summed E-state index contributed by atoms with van der Waals surface area (Å²) in [7, 11) is -4.06. The van der Waals surface area contributed by atoms with Crippen LogP contribution in [0.15, 0.2) is 83.9 Å². The van der Waals surface area contributed by atoms with E-state index in [0.717, 1.165) is 11.1 Å². The summed E-state index contributed by atoms with van der Waals surface area (Å²) in [4.78, 5) is 12.7. The van der Waals surface area contributed by atoms with Gasteiger partial charge in [-0.05, 0) is 42.3 Å². The van der Waals surface area contributed by atoms with Crippen LogP contribution in [0.2, 0.25) is 5.02 Å². The lowest BCUT2D eigenvalue weighted by molar-refractivity contribution is 0.104. The van der Waals surface area contributed by atoms with Gasteiger partial charge in [-0.15, -0.1) is 0 Å². The van der Waals surface area contributed by atoms with Crippen LogP contribution in [0.25, 0.3) is 0 Å². The molecule has 3 aromatic rings. The summed E-state index contributed by atoms with van der Waals surface area (Å²) in [6.07, 6.45) is 1.24. The molecule has 0 saturated carbocycles. The third kappa shape index (κ3) is 3.72. The first-order valence-corrected chi connectivity index (χ1v) is 11.1. The molecule has 0 amide bonds. The van der Waals surface area contributed by atoms with E-state index in [4.69, 9.17) is 11.6 Å². The molecule has 0 unspecified atom stereocenters. The van der Waals surface area contributed by atoms with Gasteiger partial charge in [0.15, 0.2) is 4.91 Å². The Morgan fingerprint density at radius 1 is 1.00 bits per heavy atom. The predicted octanol–water partition coefficient (Wildman–Crippen LogP) is 5.13. The number of benzene rings is 3. The van der Waals surface area contributed by atoms with Gasteiger partial charge in [-0.2, -0.15) is 0 Å². The SMILES string of the molecule is Cc1ccc(N/C=C2\C(=O)c3ccccc3N(Cc3ccccc3)S2(=O)=O)cc1Cl. The van der Waals surface area contributed by atoms with Crippen LogP contribution in [0.1, 0.15) is 21.5 Å². The van der Waals surface area contributed by atoms with Crippen molar-refractivity contribution in [2.24, 2.45) is 0 Å². The Labute approximate surface area is 180 Å². The van der Waals surface area contributed by atoms with Crippen LogP contribution in [0.5, 0.6) is 0 Å². The van der Waals surface area contributed by atoms with Crippen molar-refractivity contribution in [2.75, 3.05) is 9.62 Å². The van der Waals surface area contributed by atoms with Gasteiger partial charge < -0.3 is 5.32 Å². The average Bonchev–Trinajstić information content (AvgIpc) is 2.74. The first-order valence-electron chi connectivity index (χ1n) is 9.31. The molecular formula is C23H19ClN2O3S. The summed E-state index contributed by atoms with van der Waals surface area (Å²) in [5, 5.41) is 3.46. The number of nitrogens with one attached hydrogen (secondary N) is 1. The third-order valence-corrected chi connectivity index (χ3v) is 7.09. The molecule has 1 aliphatic heterocycles. The van der Waals surface area contributed by atoms with Crippen LogP contribution >= 0.6 is 11.6 Å². The van der Waals surface area contributed by atoms with Crippen LogP contribution in [-0.2, 0) is 16.6 Å². The Kier molecular flexibility index (Phi) is 5.37. The maximum Gasteiger partial charge on any atom is 0.270 e. The van der Waals surface area contributed by atoms with Gasteiger partial charge in [-0.1, -0.05) is 60.1 Å². The van der Waals surface area contributed by atoms with Crippen molar-refractivity contribution in [3.8, 4) is 0 Å². The van der Waals surface area contributed by atoms with E-state index in [1.165, 1.54) is 10.5 Å². The third-order valence-electron chi connectivity index (χ3n) is 4.92. The van der Waals surface area contributed by atoms with Crippen molar-refractivity contribution in [3.63, 3.8) is 0 Å². The number of fused-ring (bicyclic) bond motifs is 1. The van der Waals surface area contributed by atoms with Crippen LogP contribution in [-0.4, -0.2) is 14.2 Å². The van der Waals surface area contributed by atoms with E-state index in [1.807, 2.05) is 43.3 Å². The van der Waals surface area contributed by atoms with Crippen molar-refractivity contribution >= 4 is 38.8 Å². The maximum atomic E-state index is 13.4. The molecule has 30 heavy (non-hydrogen) atoms. The van der Waals surface area contributed by atoms with Gasteiger partial charge in [0.2, 0.25) is 5.78 Å². The molecule has 0 aliphatic carbocycles. The molecular weight excluding hydrogens is 420 g/mol. The minimum Gasteiger partial charge on any atom is -0.360 e. The fourth-order valence-corrected chi connectivity index (χ4v) is 4.98. The molecule has 0 radical (unpaired) electrons. The summed E-state index contributed by atoms with van der Waals surface area (Å²) in [5.74, 6) is -0.541. The number of hydrogen-bond donors (Lipinski definition) is 1. The predicted molar refractivity (Wildman–Crippen MR) is 120 cm³/mol. The standard InChI is InChI=1S/C23H19ClN2O3S/c1-16-11-12-18(13-20(16)24)25-14-22-23(27)19-9-5-6-10-21(19)26(30(22,28)29)15-17-7-3-2-4-8-17/h2-14,25H,15H2,1H3/b22-14+. The van der Waals surface area contributed by atoms with E-state index < -0.39 is 15.8 Å². The minimum absolute atomic E-state index is 0.126. The number of allylic oxidation sites excluding steroid dienone is 1. The molecule has 0 aromatic heterocycles. The largest absolute Gasteiger partial charge is 0.360 e. The van der Waals surface area contributed by atoms with Gasteiger partial charge in [0, 0.05) is 22.5 Å². The zero-order valence-corrected chi connectivity index (χ0v) is 17.7. The summed E-state index contributed by atoms with van der Waals surface area (Å²) in [6.45, 7) is 2.00. The second-order valence-electron chi connectivity index (χ2n) is 6.96. The van der Waals surface area contributed by atoms with Crippen molar-refractivity contribution in [2.45, 2.75) is 13.5 Å². The molecule has 0 spiro atoms. The highest BCUT2D eigenvalue weighted by atomic mass is 35.5. The quantitative estimate of drug-likeness (QED) is 0.573. The van der Waals surface area contributed by atoms with Crippen LogP contribution in [0.3, 0.4) is 0 Å². The second kappa shape index (κ2) is 7.97. The Morgan fingerprint density at radius 3 is 2.43 bits per heavy atom. The van der Waals surface area contributed by atoms with E-state index in [9.17, 15) is 13.2 Å². The van der Waals surface area contributed by atoms with Gasteiger partial charge in [0.05, 0.1) is 12.2 Å². The van der Waals surface area contributed by atoms with Crippen molar-refractivity contribution in [1.29, 1.82) is 0 Å². The molecule has 0 bridgehead atoms. The number of rotatable bonds is 4. The zero-order chi connectivity index (χ0) is 21.3. The molecule has 5 nitrogen and oxygen atoms in total. The van der Waals surface area contributed by atoms with E-state index in [2.05, 4.69) is 5.32 Å². The zero-order valence-electron chi connectivity index (χ0n) is 16.2. The first kappa shape index (κ1) is 20.2. The number of aryl methyl sites for hydroxylation is 1.